The van der Waals surface area contributed by atoms with Gasteiger partial charge in [0.2, 0.25) is 0 Å². The molecular weight excluding hydrogens is 291 g/mol. The Morgan fingerprint density at radius 3 is 2.63 bits per heavy atom. The lowest BCUT2D eigenvalue weighted by Gasteiger charge is -2.08. The van der Waals surface area contributed by atoms with E-state index in [1.165, 1.54) is 29.2 Å². The Kier molecular flexibility index (Phi) is 3.88. The van der Waals surface area contributed by atoms with E-state index in [0.717, 1.165) is 16.3 Å². The first-order valence-corrected chi connectivity index (χ1v) is 7.31. The van der Waals surface area contributed by atoms with Crippen molar-refractivity contribution in [2.45, 2.75) is 10.4 Å². The van der Waals surface area contributed by atoms with Gasteiger partial charge in [-0.1, -0.05) is 12.1 Å². The van der Waals surface area contributed by atoms with Gasteiger partial charge in [-0.25, -0.2) is 0 Å². The molecule has 1 aromatic heterocycles. The number of nitriles is 1. The van der Waals surface area contributed by atoms with Crippen LogP contribution in [0, 0.1) is 11.3 Å². The van der Waals surface area contributed by atoms with Crippen molar-refractivity contribution < 1.29 is 13.2 Å². The van der Waals surface area contributed by atoms with Gasteiger partial charge in [-0.3, -0.25) is 0 Å². The number of hydrogen-bond donors (Lipinski definition) is 0. The fraction of sp³-hybridized carbons (Fsp3) is 0.154. The largest absolute Gasteiger partial charge is 0.416 e. The summed E-state index contributed by atoms with van der Waals surface area (Å²) in [6, 6.07) is 7.10. The maximum atomic E-state index is 12.7. The van der Waals surface area contributed by atoms with Gasteiger partial charge in [-0.15, -0.1) is 23.1 Å². The molecule has 19 heavy (non-hydrogen) atoms. The summed E-state index contributed by atoms with van der Waals surface area (Å²) < 4.78 is 38.8. The Morgan fingerprint density at radius 1 is 1.32 bits per heavy atom. The molecule has 0 atom stereocenters. The van der Waals surface area contributed by atoms with Crippen molar-refractivity contribution >= 4 is 23.1 Å². The van der Waals surface area contributed by atoms with E-state index in [2.05, 4.69) is 6.07 Å². The zero-order valence-electron chi connectivity index (χ0n) is 9.78. The molecule has 0 unspecified atom stereocenters. The molecule has 0 aliphatic rings. The van der Waals surface area contributed by atoms with Gasteiger partial charge in [0.05, 0.1) is 15.3 Å². The third-order valence-electron chi connectivity index (χ3n) is 2.56. The Balaban J connectivity index is 2.55. The number of nitrogens with zero attached hydrogens (tertiary/aromatic N) is 1. The van der Waals surface area contributed by atoms with E-state index in [4.69, 9.17) is 5.26 Å². The van der Waals surface area contributed by atoms with Gasteiger partial charge in [0.1, 0.15) is 6.07 Å². The van der Waals surface area contributed by atoms with E-state index < -0.39 is 11.7 Å². The second kappa shape index (κ2) is 5.27. The highest BCUT2D eigenvalue weighted by atomic mass is 32.2. The van der Waals surface area contributed by atoms with Gasteiger partial charge < -0.3 is 0 Å². The van der Waals surface area contributed by atoms with Crippen LogP contribution in [0.4, 0.5) is 13.2 Å². The maximum absolute atomic E-state index is 12.7. The Labute approximate surface area is 116 Å². The molecular formula is C13H8F3NS2. The van der Waals surface area contributed by atoms with Crippen LogP contribution in [0.15, 0.2) is 33.9 Å². The standard InChI is InChI=1S/C13H8F3NS2/c1-18-12-10(6-17)11(7-19-12)8-3-2-4-9(5-8)13(14,15)16/h2-5,7H,1H3. The molecule has 1 heterocycles. The highest BCUT2D eigenvalue weighted by Gasteiger charge is 2.30. The molecule has 98 valence electrons. The predicted octanol–water partition coefficient (Wildman–Crippen LogP) is 5.03. The number of thioether (sulfide) groups is 1. The van der Waals surface area contributed by atoms with Gasteiger partial charge in [-0.05, 0) is 24.0 Å². The molecule has 0 saturated heterocycles. The lowest BCUT2D eigenvalue weighted by Crippen LogP contribution is -2.04. The summed E-state index contributed by atoms with van der Waals surface area (Å²) in [6.07, 6.45) is -2.54. The van der Waals surface area contributed by atoms with Crippen LogP contribution in [0.2, 0.25) is 0 Å². The zero-order chi connectivity index (χ0) is 14.0. The van der Waals surface area contributed by atoms with Crippen LogP contribution in [0.25, 0.3) is 11.1 Å². The SMILES string of the molecule is CSc1scc(-c2cccc(C(F)(F)F)c2)c1C#N. The van der Waals surface area contributed by atoms with E-state index >= 15 is 0 Å². The molecule has 0 aliphatic heterocycles. The molecule has 0 N–H and O–H groups in total. The average molecular weight is 299 g/mol. The Hall–Kier alpha value is -1.45. The van der Waals surface area contributed by atoms with Crippen molar-refractivity contribution in [2.24, 2.45) is 0 Å². The number of rotatable bonds is 2. The van der Waals surface area contributed by atoms with Crippen LogP contribution in [0.1, 0.15) is 11.1 Å². The summed E-state index contributed by atoms with van der Waals surface area (Å²) in [4.78, 5) is 0. The van der Waals surface area contributed by atoms with Crippen molar-refractivity contribution in [1.82, 2.24) is 0 Å². The minimum absolute atomic E-state index is 0.419. The highest BCUT2D eigenvalue weighted by molar-refractivity contribution is 8.00. The first-order valence-electron chi connectivity index (χ1n) is 5.20. The van der Waals surface area contributed by atoms with Crippen molar-refractivity contribution in [3.05, 3.63) is 40.8 Å². The molecule has 0 bridgehead atoms. The monoisotopic (exact) mass is 299 g/mol. The summed E-state index contributed by atoms with van der Waals surface area (Å²) in [5, 5.41) is 10.9. The van der Waals surface area contributed by atoms with Gasteiger partial charge in [-0.2, -0.15) is 18.4 Å². The maximum Gasteiger partial charge on any atom is 0.416 e. The number of halogens is 3. The topological polar surface area (TPSA) is 23.8 Å². The normalized spacial score (nSPS) is 11.3. The van der Waals surface area contributed by atoms with Crippen LogP contribution in [-0.4, -0.2) is 6.26 Å². The molecule has 2 rings (SSSR count). The first-order chi connectivity index (χ1) is 8.97. The van der Waals surface area contributed by atoms with Crippen molar-refractivity contribution in [3.63, 3.8) is 0 Å². The average Bonchev–Trinajstić information content (AvgIpc) is 2.80. The molecule has 0 fully saturated rings. The van der Waals surface area contributed by atoms with E-state index in [-0.39, 0.29) is 0 Å². The van der Waals surface area contributed by atoms with E-state index in [9.17, 15) is 13.2 Å². The second-order valence-electron chi connectivity index (χ2n) is 3.71. The Bertz CT molecular complexity index is 638. The van der Waals surface area contributed by atoms with Crippen LogP contribution < -0.4 is 0 Å². The predicted molar refractivity (Wildman–Crippen MR) is 71.3 cm³/mol. The van der Waals surface area contributed by atoms with Gasteiger partial charge in [0, 0.05) is 10.9 Å². The van der Waals surface area contributed by atoms with Gasteiger partial charge >= 0.3 is 6.18 Å². The quantitative estimate of drug-likeness (QED) is 0.726. The summed E-state index contributed by atoms with van der Waals surface area (Å²) in [6.45, 7) is 0. The van der Waals surface area contributed by atoms with E-state index in [1.807, 2.05) is 6.26 Å². The zero-order valence-corrected chi connectivity index (χ0v) is 11.4. The van der Waals surface area contributed by atoms with E-state index in [1.54, 1.807) is 11.4 Å². The van der Waals surface area contributed by atoms with Crippen LogP contribution in [-0.2, 0) is 6.18 Å². The molecule has 1 aromatic carbocycles. The van der Waals surface area contributed by atoms with Crippen molar-refractivity contribution in [2.75, 3.05) is 6.26 Å². The Morgan fingerprint density at radius 2 is 2.05 bits per heavy atom. The minimum Gasteiger partial charge on any atom is -0.192 e. The van der Waals surface area contributed by atoms with Crippen LogP contribution in [0.3, 0.4) is 0 Å². The molecule has 0 saturated carbocycles. The van der Waals surface area contributed by atoms with E-state index in [0.29, 0.717) is 16.7 Å². The second-order valence-corrected chi connectivity index (χ2v) is 5.66. The van der Waals surface area contributed by atoms with Crippen LogP contribution in [0.5, 0.6) is 0 Å². The van der Waals surface area contributed by atoms with Crippen molar-refractivity contribution in [1.29, 1.82) is 5.26 Å². The third kappa shape index (κ3) is 2.77. The smallest absolute Gasteiger partial charge is 0.192 e. The number of hydrogen-bond acceptors (Lipinski definition) is 3. The minimum atomic E-state index is -4.37. The van der Waals surface area contributed by atoms with Crippen LogP contribution >= 0.6 is 23.1 Å². The fourth-order valence-corrected chi connectivity index (χ4v) is 3.31. The van der Waals surface area contributed by atoms with Gasteiger partial charge in [0.15, 0.2) is 0 Å². The first kappa shape index (κ1) is 14.0. The molecule has 6 heteroatoms. The summed E-state index contributed by atoms with van der Waals surface area (Å²) in [5.41, 5.74) is 0.716. The summed E-state index contributed by atoms with van der Waals surface area (Å²) >= 11 is 2.79. The lowest BCUT2D eigenvalue weighted by molar-refractivity contribution is -0.137. The number of alkyl halides is 3. The third-order valence-corrected chi connectivity index (χ3v) is 4.69. The number of thiophene rings is 1. The molecule has 0 aliphatic carbocycles. The van der Waals surface area contributed by atoms with Crippen molar-refractivity contribution in [3.8, 4) is 17.2 Å². The fourth-order valence-electron chi connectivity index (χ4n) is 1.67. The van der Waals surface area contributed by atoms with Gasteiger partial charge in [0.25, 0.3) is 0 Å². The molecule has 0 radical (unpaired) electrons. The highest BCUT2D eigenvalue weighted by Crippen LogP contribution is 2.38. The summed E-state index contributed by atoms with van der Waals surface area (Å²) in [5.74, 6) is 0. The molecule has 0 amide bonds. The number of benzene rings is 1. The molecule has 0 spiro atoms. The molecule has 1 nitrogen and oxygen atoms in total. The summed E-state index contributed by atoms with van der Waals surface area (Å²) in [7, 11) is 0. The lowest BCUT2D eigenvalue weighted by atomic mass is 10.0. The molecule has 2 aromatic rings.